The van der Waals surface area contributed by atoms with Gasteiger partial charge in [-0.2, -0.15) is 10.1 Å². The molecule has 5 nitrogen and oxygen atoms in total. The van der Waals surface area contributed by atoms with E-state index in [2.05, 4.69) is 20.3 Å². The van der Waals surface area contributed by atoms with E-state index in [1.807, 2.05) is 13.8 Å². The molecule has 0 unspecified atom stereocenters. The summed E-state index contributed by atoms with van der Waals surface area (Å²) >= 11 is 0. The van der Waals surface area contributed by atoms with Crippen molar-refractivity contribution in [3.63, 3.8) is 0 Å². The van der Waals surface area contributed by atoms with E-state index in [9.17, 15) is 0 Å². The zero-order valence-corrected chi connectivity index (χ0v) is 11.6. The van der Waals surface area contributed by atoms with Crippen molar-refractivity contribution < 1.29 is 4.52 Å². The second kappa shape index (κ2) is 5.15. The minimum Gasteiger partial charge on any atom is -0.339 e. The number of nitrogens with zero attached hydrogens (tertiary/aromatic N) is 3. The largest absolute Gasteiger partial charge is 0.339 e. The quantitative estimate of drug-likeness (QED) is 0.917. The number of aryl methyl sites for hydroxylation is 3. The lowest BCUT2D eigenvalue weighted by molar-refractivity contribution is 0.369. The zero-order valence-electron chi connectivity index (χ0n) is 11.6. The summed E-state index contributed by atoms with van der Waals surface area (Å²) in [6.07, 6.45) is 6.70. The summed E-state index contributed by atoms with van der Waals surface area (Å²) in [5.41, 5.74) is 3.46. The van der Waals surface area contributed by atoms with Gasteiger partial charge in [-0.15, -0.1) is 0 Å². The Kier molecular flexibility index (Phi) is 3.36. The lowest BCUT2D eigenvalue weighted by atomic mass is 10.1. The molecule has 1 N–H and O–H groups in total. The van der Waals surface area contributed by atoms with Gasteiger partial charge in [-0.1, -0.05) is 18.0 Å². The maximum Gasteiger partial charge on any atom is 0.226 e. The molecule has 2 aromatic heterocycles. The van der Waals surface area contributed by atoms with Crippen LogP contribution in [0, 0.1) is 13.8 Å². The minimum atomic E-state index is 0.523. The summed E-state index contributed by atoms with van der Waals surface area (Å²) < 4.78 is 5.36. The lowest BCUT2D eigenvalue weighted by Crippen LogP contribution is -1.97. The fraction of sp³-hybridized carbons (Fsp3) is 0.643. The van der Waals surface area contributed by atoms with Gasteiger partial charge in [-0.25, -0.2) is 0 Å². The van der Waals surface area contributed by atoms with E-state index in [0.717, 1.165) is 35.9 Å². The average Bonchev–Trinajstić information content (AvgIpc) is 3.10. The Bertz CT molecular complexity index is 532. The lowest BCUT2D eigenvalue weighted by Gasteiger charge is -2.00. The number of H-pyrrole nitrogens is 1. The van der Waals surface area contributed by atoms with E-state index in [4.69, 9.17) is 4.52 Å². The van der Waals surface area contributed by atoms with Crippen molar-refractivity contribution in [3.05, 3.63) is 28.7 Å². The Balaban J connectivity index is 1.64. The molecule has 0 atom stereocenters. The number of hydrogen-bond acceptors (Lipinski definition) is 4. The van der Waals surface area contributed by atoms with Crippen molar-refractivity contribution in [3.8, 4) is 0 Å². The Morgan fingerprint density at radius 1 is 1.21 bits per heavy atom. The van der Waals surface area contributed by atoms with E-state index >= 15 is 0 Å². The van der Waals surface area contributed by atoms with Crippen molar-refractivity contribution in [1.82, 2.24) is 20.3 Å². The summed E-state index contributed by atoms with van der Waals surface area (Å²) in [5, 5.41) is 11.3. The normalized spacial score (nSPS) is 16.3. The summed E-state index contributed by atoms with van der Waals surface area (Å²) in [6, 6.07) is 0. The van der Waals surface area contributed by atoms with Gasteiger partial charge in [0, 0.05) is 18.0 Å². The molecular weight excluding hydrogens is 240 g/mol. The maximum absolute atomic E-state index is 5.36. The summed E-state index contributed by atoms with van der Waals surface area (Å²) in [5.74, 6) is 2.19. The van der Waals surface area contributed by atoms with Gasteiger partial charge in [0.2, 0.25) is 5.89 Å². The molecule has 1 aliphatic carbocycles. The third kappa shape index (κ3) is 2.55. The molecule has 1 saturated carbocycles. The third-order valence-electron chi connectivity index (χ3n) is 4.07. The first kappa shape index (κ1) is 12.4. The highest BCUT2D eigenvalue weighted by atomic mass is 16.5. The van der Waals surface area contributed by atoms with Crippen molar-refractivity contribution in [2.24, 2.45) is 0 Å². The van der Waals surface area contributed by atoms with E-state index < -0.39 is 0 Å². The molecule has 5 heteroatoms. The molecule has 1 aliphatic rings. The van der Waals surface area contributed by atoms with Crippen molar-refractivity contribution in [1.29, 1.82) is 0 Å². The van der Waals surface area contributed by atoms with Crippen molar-refractivity contribution in [2.45, 2.75) is 58.3 Å². The summed E-state index contributed by atoms with van der Waals surface area (Å²) in [7, 11) is 0. The van der Waals surface area contributed by atoms with Crippen LogP contribution in [0.25, 0.3) is 0 Å². The van der Waals surface area contributed by atoms with Gasteiger partial charge in [0.1, 0.15) is 0 Å². The van der Waals surface area contributed by atoms with Crippen LogP contribution in [0.2, 0.25) is 0 Å². The number of hydrogen-bond donors (Lipinski definition) is 1. The van der Waals surface area contributed by atoms with Crippen molar-refractivity contribution >= 4 is 0 Å². The number of aromatic amines is 1. The van der Waals surface area contributed by atoms with Crippen LogP contribution in [-0.2, 0) is 12.8 Å². The van der Waals surface area contributed by atoms with Gasteiger partial charge in [-0.3, -0.25) is 5.10 Å². The predicted octanol–water partition coefficient (Wildman–Crippen LogP) is 2.85. The Morgan fingerprint density at radius 2 is 2.00 bits per heavy atom. The van der Waals surface area contributed by atoms with Crippen LogP contribution in [0.5, 0.6) is 0 Å². The topological polar surface area (TPSA) is 67.6 Å². The van der Waals surface area contributed by atoms with Crippen LogP contribution in [0.4, 0.5) is 0 Å². The predicted molar refractivity (Wildman–Crippen MR) is 71.0 cm³/mol. The van der Waals surface area contributed by atoms with Gasteiger partial charge in [-0.05, 0) is 38.7 Å². The molecule has 0 aliphatic heterocycles. The highest BCUT2D eigenvalue weighted by Gasteiger charge is 2.22. The molecule has 0 amide bonds. The molecular formula is C14H20N4O. The van der Waals surface area contributed by atoms with Crippen LogP contribution in [0.15, 0.2) is 4.52 Å². The number of aromatic nitrogens is 4. The molecule has 1 fully saturated rings. The highest BCUT2D eigenvalue weighted by Crippen LogP contribution is 2.32. The van der Waals surface area contributed by atoms with Crippen LogP contribution < -0.4 is 0 Å². The van der Waals surface area contributed by atoms with Crippen LogP contribution in [-0.4, -0.2) is 20.3 Å². The smallest absolute Gasteiger partial charge is 0.226 e. The van der Waals surface area contributed by atoms with Gasteiger partial charge >= 0.3 is 0 Å². The zero-order chi connectivity index (χ0) is 13.2. The highest BCUT2D eigenvalue weighted by molar-refractivity contribution is 5.23. The molecule has 0 aromatic carbocycles. The van der Waals surface area contributed by atoms with Gasteiger partial charge in [0.15, 0.2) is 5.82 Å². The molecule has 102 valence electrons. The first-order valence-corrected chi connectivity index (χ1v) is 7.07. The maximum atomic E-state index is 5.36. The van der Waals surface area contributed by atoms with Crippen molar-refractivity contribution in [2.75, 3.05) is 0 Å². The second-order valence-electron chi connectivity index (χ2n) is 5.44. The van der Waals surface area contributed by atoms with E-state index in [-0.39, 0.29) is 0 Å². The van der Waals surface area contributed by atoms with E-state index in [0.29, 0.717) is 5.92 Å². The van der Waals surface area contributed by atoms with Crippen LogP contribution >= 0.6 is 0 Å². The van der Waals surface area contributed by atoms with Gasteiger partial charge < -0.3 is 4.52 Å². The average molecular weight is 260 g/mol. The Hall–Kier alpha value is -1.65. The molecule has 0 saturated heterocycles. The summed E-state index contributed by atoms with van der Waals surface area (Å²) in [4.78, 5) is 4.54. The monoisotopic (exact) mass is 260 g/mol. The van der Waals surface area contributed by atoms with E-state index in [1.54, 1.807) is 0 Å². The van der Waals surface area contributed by atoms with Gasteiger partial charge in [0.25, 0.3) is 0 Å². The Morgan fingerprint density at radius 3 is 2.68 bits per heavy atom. The SMILES string of the molecule is Cc1n[nH]c(C)c1CCc1nc(C2CCCC2)no1. The molecule has 19 heavy (non-hydrogen) atoms. The fourth-order valence-corrected chi connectivity index (χ4v) is 2.89. The molecule has 0 spiro atoms. The van der Waals surface area contributed by atoms with Gasteiger partial charge in [0.05, 0.1) is 5.69 Å². The first-order chi connectivity index (χ1) is 9.24. The number of rotatable bonds is 4. The summed E-state index contributed by atoms with van der Waals surface area (Å²) in [6.45, 7) is 4.07. The molecule has 2 heterocycles. The third-order valence-corrected chi connectivity index (χ3v) is 4.07. The minimum absolute atomic E-state index is 0.523. The number of nitrogens with one attached hydrogen (secondary N) is 1. The molecule has 0 bridgehead atoms. The molecule has 3 rings (SSSR count). The molecule has 2 aromatic rings. The fourth-order valence-electron chi connectivity index (χ4n) is 2.89. The first-order valence-electron chi connectivity index (χ1n) is 7.07. The molecule has 0 radical (unpaired) electrons. The van der Waals surface area contributed by atoms with Crippen LogP contribution in [0.1, 0.15) is 60.3 Å². The Labute approximate surface area is 112 Å². The van der Waals surface area contributed by atoms with Crippen LogP contribution in [0.3, 0.4) is 0 Å². The standard InChI is InChI=1S/C14H20N4O/c1-9-12(10(2)17-16-9)7-8-13-15-14(18-19-13)11-5-3-4-6-11/h11H,3-8H2,1-2H3,(H,16,17). The second-order valence-corrected chi connectivity index (χ2v) is 5.44. The van der Waals surface area contributed by atoms with E-state index in [1.165, 1.54) is 31.2 Å².